The summed E-state index contributed by atoms with van der Waals surface area (Å²) in [6.07, 6.45) is 0. The molecule has 1 atom stereocenters. The van der Waals surface area contributed by atoms with E-state index >= 15 is 0 Å². The number of rotatable bonds is 6. The van der Waals surface area contributed by atoms with E-state index in [4.69, 9.17) is 11.6 Å². The number of hydrogen-bond donors (Lipinski definition) is 1. The Hall–Kier alpha value is -2.21. The highest BCUT2D eigenvalue weighted by molar-refractivity contribution is 7.14. The largest absolute Gasteiger partial charge is 0.305 e. The maximum atomic E-state index is 12.2. The quantitative estimate of drug-likeness (QED) is 0.583. The van der Waals surface area contributed by atoms with Gasteiger partial charge in [-0.25, -0.2) is 4.98 Å². The van der Waals surface area contributed by atoms with Gasteiger partial charge in [-0.3, -0.25) is 9.69 Å². The topological polar surface area (TPSA) is 45.2 Å². The summed E-state index contributed by atoms with van der Waals surface area (Å²) in [5.41, 5.74) is 4.02. The van der Waals surface area contributed by atoms with Crippen LogP contribution in [0, 0.1) is 6.92 Å². The summed E-state index contributed by atoms with van der Waals surface area (Å²) in [7, 11) is 0. The average Bonchev–Trinajstić information content (AvgIpc) is 3.08. The Labute approximate surface area is 168 Å². The molecular formula is C21H22ClN3OS. The van der Waals surface area contributed by atoms with E-state index in [9.17, 15) is 4.79 Å². The van der Waals surface area contributed by atoms with Crippen molar-refractivity contribution in [1.82, 2.24) is 10.3 Å². The molecule has 0 unspecified atom stereocenters. The molecule has 2 aromatic carbocycles. The first-order valence-corrected chi connectivity index (χ1v) is 10.0. The Kier molecular flexibility index (Phi) is 6.26. The zero-order valence-corrected chi connectivity index (χ0v) is 17.1. The highest BCUT2D eigenvalue weighted by Crippen LogP contribution is 2.29. The van der Waals surface area contributed by atoms with Crippen molar-refractivity contribution in [3.8, 4) is 0 Å². The normalized spacial score (nSPS) is 12.0. The van der Waals surface area contributed by atoms with Crippen molar-refractivity contribution >= 4 is 39.7 Å². The molecule has 0 aliphatic rings. The predicted octanol–water partition coefficient (Wildman–Crippen LogP) is 5.64. The summed E-state index contributed by atoms with van der Waals surface area (Å²) in [5, 5.41) is 6.87. The molecule has 3 rings (SSSR count). The van der Waals surface area contributed by atoms with Gasteiger partial charge in [-0.15, -0.1) is 11.3 Å². The van der Waals surface area contributed by atoms with Gasteiger partial charge < -0.3 is 5.32 Å². The first-order valence-electron chi connectivity index (χ1n) is 8.74. The third-order valence-electron chi connectivity index (χ3n) is 4.27. The summed E-state index contributed by atoms with van der Waals surface area (Å²) in [6, 6.07) is 15.9. The molecule has 6 heteroatoms. The van der Waals surface area contributed by atoms with E-state index in [0.29, 0.717) is 11.7 Å². The Morgan fingerprint density at radius 1 is 1.26 bits per heavy atom. The highest BCUT2D eigenvalue weighted by Gasteiger charge is 2.18. The number of nitrogens with zero attached hydrogens (tertiary/aromatic N) is 2. The van der Waals surface area contributed by atoms with Crippen LogP contribution >= 0.6 is 22.9 Å². The van der Waals surface area contributed by atoms with Crippen molar-refractivity contribution in [2.45, 2.75) is 33.4 Å². The number of aryl methyl sites for hydroxylation is 1. The third kappa shape index (κ3) is 4.95. The van der Waals surface area contributed by atoms with E-state index in [1.165, 1.54) is 16.9 Å². The van der Waals surface area contributed by atoms with Crippen molar-refractivity contribution in [2.75, 3.05) is 4.90 Å². The van der Waals surface area contributed by atoms with E-state index in [0.717, 1.165) is 22.0 Å². The minimum absolute atomic E-state index is 0.0519. The SMILES string of the molecule is CC(=O)N(c1cccc(C)c1)c1nc(CN[C@H](C)c2ccc(Cl)cc2)cs1. The molecule has 0 fully saturated rings. The van der Waals surface area contributed by atoms with Gasteiger partial charge in [-0.2, -0.15) is 0 Å². The summed E-state index contributed by atoms with van der Waals surface area (Å²) in [6.45, 7) is 6.30. The zero-order valence-electron chi connectivity index (χ0n) is 15.6. The third-order valence-corrected chi connectivity index (χ3v) is 5.39. The number of nitrogens with one attached hydrogen (secondary N) is 1. The lowest BCUT2D eigenvalue weighted by atomic mass is 10.1. The van der Waals surface area contributed by atoms with Crippen LogP contribution in [0.3, 0.4) is 0 Å². The van der Waals surface area contributed by atoms with Gasteiger partial charge in [-0.1, -0.05) is 35.9 Å². The number of hydrogen-bond acceptors (Lipinski definition) is 4. The second-order valence-electron chi connectivity index (χ2n) is 6.47. The van der Waals surface area contributed by atoms with E-state index in [1.54, 1.807) is 11.8 Å². The lowest BCUT2D eigenvalue weighted by Crippen LogP contribution is -2.23. The van der Waals surface area contributed by atoms with Crippen LogP contribution in [0.1, 0.15) is 36.7 Å². The lowest BCUT2D eigenvalue weighted by Gasteiger charge is -2.18. The molecule has 140 valence electrons. The molecular weight excluding hydrogens is 378 g/mol. The second kappa shape index (κ2) is 8.65. The Balaban J connectivity index is 1.71. The smallest absolute Gasteiger partial charge is 0.230 e. The van der Waals surface area contributed by atoms with Crippen molar-refractivity contribution in [3.63, 3.8) is 0 Å². The molecule has 27 heavy (non-hydrogen) atoms. The van der Waals surface area contributed by atoms with Crippen LogP contribution in [0.5, 0.6) is 0 Å². The van der Waals surface area contributed by atoms with Crippen LogP contribution < -0.4 is 10.2 Å². The highest BCUT2D eigenvalue weighted by atomic mass is 35.5. The van der Waals surface area contributed by atoms with Crippen LogP contribution in [0.2, 0.25) is 5.02 Å². The molecule has 0 radical (unpaired) electrons. The fraction of sp³-hybridized carbons (Fsp3) is 0.238. The van der Waals surface area contributed by atoms with Gasteiger partial charge >= 0.3 is 0 Å². The number of amides is 1. The number of carbonyl (C=O) groups is 1. The number of carbonyl (C=O) groups excluding carboxylic acids is 1. The van der Waals surface area contributed by atoms with Crippen LogP contribution in [-0.2, 0) is 11.3 Å². The molecule has 4 nitrogen and oxygen atoms in total. The first kappa shape index (κ1) is 19.5. The van der Waals surface area contributed by atoms with Gasteiger partial charge in [0.25, 0.3) is 0 Å². The monoisotopic (exact) mass is 399 g/mol. The zero-order chi connectivity index (χ0) is 19.4. The minimum Gasteiger partial charge on any atom is -0.305 e. The molecule has 0 aliphatic carbocycles. The number of thiazole rings is 1. The van der Waals surface area contributed by atoms with Crippen molar-refractivity contribution < 1.29 is 4.79 Å². The first-order chi connectivity index (χ1) is 12.9. The van der Waals surface area contributed by atoms with Crippen LogP contribution in [0.15, 0.2) is 53.9 Å². The predicted molar refractivity (Wildman–Crippen MR) is 113 cm³/mol. The molecule has 3 aromatic rings. The second-order valence-corrected chi connectivity index (χ2v) is 7.74. The summed E-state index contributed by atoms with van der Waals surface area (Å²) in [5.74, 6) is -0.0519. The molecule has 0 saturated heterocycles. The van der Waals surface area contributed by atoms with Crippen molar-refractivity contribution in [3.05, 3.63) is 75.8 Å². The number of aromatic nitrogens is 1. The lowest BCUT2D eigenvalue weighted by molar-refractivity contribution is -0.115. The minimum atomic E-state index is -0.0519. The summed E-state index contributed by atoms with van der Waals surface area (Å²) >= 11 is 7.42. The molecule has 0 saturated carbocycles. The van der Waals surface area contributed by atoms with Gasteiger partial charge in [0.2, 0.25) is 5.91 Å². The fourth-order valence-electron chi connectivity index (χ4n) is 2.80. The molecule has 1 aromatic heterocycles. The Morgan fingerprint density at radius 3 is 2.67 bits per heavy atom. The van der Waals surface area contributed by atoms with E-state index in [-0.39, 0.29) is 11.9 Å². The van der Waals surface area contributed by atoms with Gasteiger partial charge in [0.1, 0.15) is 0 Å². The van der Waals surface area contributed by atoms with Crippen LogP contribution in [-0.4, -0.2) is 10.9 Å². The number of benzene rings is 2. The molecule has 0 bridgehead atoms. The van der Waals surface area contributed by atoms with Crippen molar-refractivity contribution in [1.29, 1.82) is 0 Å². The van der Waals surface area contributed by atoms with Crippen LogP contribution in [0.25, 0.3) is 0 Å². The molecule has 0 spiro atoms. The standard InChI is InChI=1S/C21H22ClN3OS/c1-14-5-4-6-20(11-14)25(16(3)26)21-24-19(13-27-21)12-23-15(2)17-7-9-18(22)10-8-17/h4-11,13,15,23H,12H2,1-3H3/t15-/m1/s1. The fourth-order valence-corrected chi connectivity index (χ4v) is 3.81. The Morgan fingerprint density at radius 2 is 2.00 bits per heavy atom. The molecule has 0 aliphatic heterocycles. The van der Waals surface area contributed by atoms with Crippen molar-refractivity contribution in [2.24, 2.45) is 0 Å². The van der Waals surface area contributed by atoms with Gasteiger partial charge in [0.15, 0.2) is 5.13 Å². The molecule has 1 N–H and O–H groups in total. The van der Waals surface area contributed by atoms with E-state index in [2.05, 4.69) is 17.2 Å². The Bertz CT molecular complexity index is 923. The van der Waals surface area contributed by atoms with E-state index in [1.807, 2.05) is 60.8 Å². The number of halogens is 1. The van der Waals surface area contributed by atoms with Gasteiger partial charge in [0.05, 0.1) is 11.4 Å². The molecule has 1 heterocycles. The summed E-state index contributed by atoms with van der Waals surface area (Å²) < 4.78 is 0. The van der Waals surface area contributed by atoms with Gasteiger partial charge in [-0.05, 0) is 49.2 Å². The van der Waals surface area contributed by atoms with Crippen LogP contribution in [0.4, 0.5) is 10.8 Å². The maximum Gasteiger partial charge on any atom is 0.230 e. The van der Waals surface area contributed by atoms with E-state index < -0.39 is 0 Å². The molecule has 1 amide bonds. The average molecular weight is 400 g/mol. The maximum absolute atomic E-state index is 12.2. The summed E-state index contributed by atoms with van der Waals surface area (Å²) in [4.78, 5) is 18.5. The van der Waals surface area contributed by atoms with Gasteiger partial charge in [0, 0.05) is 29.9 Å². The number of anilines is 2.